The van der Waals surface area contributed by atoms with Crippen LogP contribution >= 0.6 is 0 Å². The first kappa shape index (κ1) is 13.2. The number of hydrogen-bond donors (Lipinski definition) is 3. The lowest BCUT2D eigenvalue weighted by Crippen LogP contribution is -2.25. The van der Waals surface area contributed by atoms with E-state index in [1.165, 1.54) is 0 Å². The number of aromatic hydroxyl groups is 1. The second kappa shape index (κ2) is 5.66. The Morgan fingerprint density at radius 3 is 2.81 bits per heavy atom. The van der Waals surface area contributed by atoms with Gasteiger partial charge in [-0.25, -0.2) is 0 Å². The Morgan fingerprint density at radius 2 is 2.00 bits per heavy atom. The highest BCUT2D eigenvalue weighted by atomic mass is 16.3. The Bertz CT molecular complexity index is 763. The zero-order valence-corrected chi connectivity index (χ0v) is 11.3. The van der Waals surface area contributed by atoms with Gasteiger partial charge in [0.05, 0.1) is 11.7 Å². The molecule has 106 valence electrons. The van der Waals surface area contributed by atoms with E-state index >= 15 is 0 Å². The molecule has 0 saturated carbocycles. The van der Waals surface area contributed by atoms with Crippen LogP contribution in [0.15, 0.2) is 48.7 Å². The molecular formula is C16H15N3O2. The van der Waals surface area contributed by atoms with Crippen LogP contribution in [0.25, 0.3) is 10.9 Å². The van der Waals surface area contributed by atoms with Crippen molar-refractivity contribution < 1.29 is 9.90 Å². The van der Waals surface area contributed by atoms with Crippen molar-refractivity contribution in [3.8, 4) is 5.75 Å². The minimum atomic E-state index is -0.106. The number of nitrogens with zero attached hydrogens (tertiary/aromatic N) is 1. The molecular weight excluding hydrogens is 266 g/mol. The van der Waals surface area contributed by atoms with Gasteiger partial charge in [0.25, 0.3) is 5.91 Å². The first-order chi connectivity index (χ1) is 10.2. The maximum absolute atomic E-state index is 12.1. The summed E-state index contributed by atoms with van der Waals surface area (Å²) in [5.41, 5.74) is 2.52. The standard InChI is InChI=1S/C16H15N3O2/c20-14-5-1-11(2-6-14)7-8-17-16(21)12-3-4-13-10-18-19-15(13)9-12/h1-6,9-10,20H,7-8H2,(H,17,21)(H,18,19). The van der Waals surface area contributed by atoms with Gasteiger partial charge < -0.3 is 10.4 Å². The lowest BCUT2D eigenvalue weighted by molar-refractivity contribution is 0.0954. The van der Waals surface area contributed by atoms with Gasteiger partial charge in [0.1, 0.15) is 5.75 Å². The number of carbonyl (C=O) groups is 1. The Kier molecular flexibility index (Phi) is 3.55. The van der Waals surface area contributed by atoms with Crippen molar-refractivity contribution in [2.24, 2.45) is 0 Å². The lowest BCUT2D eigenvalue weighted by atomic mass is 10.1. The van der Waals surface area contributed by atoms with Gasteiger partial charge in [0.15, 0.2) is 0 Å². The highest BCUT2D eigenvalue weighted by molar-refractivity contribution is 5.97. The van der Waals surface area contributed by atoms with E-state index in [4.69, 9.17) is 0 Å². The van der Waals surface area contributed by atoms with Crippen LogP contribution in [0.5, 0.6) is 5.75 Å². The first-order valence-corrected chi connectivity index (χ1v) is 6.71. The Hall–Kier alpha value is -2.82. The second-order valence-corrected chi connectivity index (χ2v) is 4.84. The molecule has 5 heteroatoms. The molecule has 0 radical (unpaired) electrons. The highest BCUT2D eigenvalue weighted by Gasteiger charge is 2.06. The number of hydrogen-bond acceptors (Lipinski definition) is 3. The van der Waals surface area contributed by atoms with Crippen molar-refractivity contribution in [1.29, 1.82) is 0 Å². The number of phenolic OH excluding ortho intramolecular Hbond substituents is 1. The molecule has 0 saturated heterocycles. The molecule has 3 rings (SSSR count). The normalized spacial score (nSPS) is 10.7. The molecule has 1 heterocycles. The summed E-state index contributed by atoms with van der Waals surface area (Å²) >= 11 is 0. The summed E-state index contributed by atoms with van der Waals surface area (Å²) in [6, 6.07) is 12.4. The number of H-pyrrole nitrogens is 1. The number of rotatable bonds is 4. The minimum Gasteiger partial charge on any atom is -0.508 e. The number of carbonyl (C=O) groups excluding carboxylic acids is 1. The van der Waals surface area contributed by atoms with Crippen LogP contribution in [0, 0.1) is 0 Å². The van der Waals surface area contributed by atoms with E-state index in [2.05, 4.69) is 15.5 Å². The van der Waals surface area contributed by atoms with Crippen LogP contribution in [0.1, 0.15) is 15.9 Å². The van der Waals surface area contributed by atoms with Crippen molar-refractivity contribution in [1.82, 2.24) is 15.5 Å². The SMILES string of the molecule is O=C(NCCc1ccc(O)cc1)c1ccc2cn[nH]c2c1. The quantitative estimate of drug-likeness (QED) is 0.686. The topological polar surface area (TPSA) is 78.0 Å². The van der Waals surface area contributed by atoms with Gasteiger partial charge in [-0.1, -0.05) is 18.2 Å². The Balaban J connectivity index is 1.59. The molecule has 2 aromatic carbocycles. The number of aromatic nitrogens is 2. The smallest absolute Gasteiger partial charge is 0.251 e. The lowest BCUT2D eigenvalue weighted by Gasteiger charge is -2.06. The summed E-state index contributed by atoms with van der Waals surface area (Å²) in [4.78, 5) is 12.1. The number of benzene rings is 2. The van der Waals surface area contributed by atoms with Crippen molar-refractivity contribution in [2.75, 3.05) is 6.54 Å². The van der Waals surface area contributed by atoms with Crippen LogP contribution < -0.4 is 5.32 Å². The van der Waals surface area contributed by atoms with E-state index in [1.54, 1.807) is 30.5 Å². The summed E-state index contributed by atoms with van der Waals surface area (Å²) in [6.07, 6.45) is 2.44. The van der Waals surface area contributed by atoms with Crippen molar-refractivity contribution in [3.05, 3.63) is 59.8 Å². The fourth-order valence-corrected chi connectivity index (χ4v) is 2.16. The van der Waals surface area contributed by atoms with E-state index in [0.29, 0.717) is 12.1 Å². The van der Waals surface area contributed by atoms with Gasteiger partial charge in [0, 0.05) is 17.5 Å². The highest BCUT2D eigenvalue weighted by Crippen LogP contribution is 2.13. The predicted octanol–water partition coefficient (Wildman–Crippen LogP) is 2.24. The number of nitrogens with one attached hydrogen (secondary N) is 2. The number of aromatic amines is 1. The summed E-state index contributed by atoms with van der Waals surface area (Å²) in [5, 5.41) is 19.9. The van der Waals surface area contributed by atoms with Gasteiger partial charge in [-0.3, -0.25) is 9.89 Å². The first-order valence-electron chi connectivity index (χ1n) is 6.71. The van der Waals surface area contributed by atoms with Crippen LogP contribution in [-0.2, 0) is 6.42 Å². The molecule has 1 aromatic heterocycles. The molecule has 0 unspecified atom stereocenters. The average Bonchev–Trinajstić information content (AvgIpc) is 2.96. The third-order valence-corrected chi connectivity index (χ3v) is 3.34. The second-order valence-electron chi connectivity index (χ2n) is 4.84. The summed E-state index contributed by atoms with van der Waals surface area (Å²) < 4.78 is 0. The summed E-state index contributed by atoms with van der Waals surface area (Å²) in [5.74, 6) is 0.140. The number of amides is 1. The van der Waals surface area contributed by atoms with Crippen LogP contribution in [0.4, 0.5) is 0 Å². The van der Waals surface area contributed by atoms with Crippen LogP contribution in [0.2, 0.25) is 0 Å². The van der Waals surface area contributed by atoms with Gasteiger partial charge in [-0.15, -0.1) is 0 Å². The zero-order valence-electron chi connectivity index (χ0n) is 11.3. The molecule has 3 aromatic rings. The molecule has 5 nitrogen and oxygen atoms in total. The largest absolute Gasteiger partial charge is 0.508 e. The van der Waals surface area contributed by atoms with E-state index < -0.39 is 0 Å². The van der Waals surface area contributed by atoms with E-state index in [9.17, 15) is 9.90 Å². The van der Waals surface area contributed by atoms with E-state index in [0.717, 1.165) is 22.9 Å². The third kappa shape index (κ3) is 3.02. The van der Waals surface area contributed by atoms with Gasteiger partial charge in [-0.2, -0.15) is 5.10 Å². The number of phenols is 1. The molecule has 0 aliphatic heterocycles. The van der Waals surface area contributed by atoms with Crippen LogP contribution in [0.3, 0.4) is 0 Å². The number of fused-ring (bicyclic) bond motifs is 1. The molecule has 0 atom stereocenters. The predicted molar refractivity (Wildman–Crippen MR) is 80.2 cm³/mol. The Labute approximate surface area is 121 Å². The van der Waals surface area contributed by atoms with E-state index in [1.807, 2.05) is 18.2 Å². The summed E-state index contributed by atoms with van der Waals surface area (Å²) in [6.45, 7) is 0.546. The van der Waals surface area contributed by atoms with Crippen molar-refractivity contribution in [2.45, 2.75) is 6.42 Å². The maximum Gasteiger partial charge on any atom is 0.251 e. The molecule has 21 heavy (non-hydrogen) atoms. The molecule has 1 amide bonds. The fraction of sp³-hybridized carbons (Fsp3) is 0.125. The molecule has 0 aliphatic rings. The summed E-state index contributed by atoms with van der Waals surface area (Å²) in [7, 11) is 0. The van der Waals surface area contributed by atoms with E-state index in [-0.39, 0.29) is 11.7 Å². The van der Waals surface area contributed by atoms with Crippen molar-refractivity contribution >= 4 is 16.8 Å². The van der Waals surface area contributed by atoms with Crippen molar-refractivity contribution in [3.63, 3.8) is 0 Å². The van der Waals surface area contributed by atoms with Gasteiger partial charge in [-0.05, 0) is 36.2 Å². The minimum absolute atomic E-state index is 0.106. The van der Waals surface area contributed by atoms with Gasteiger partial charge >= 0.3 is 0 Å². The van der Waals surface area contributed by atoms with Gasteiger partial charge in [0.2, 0.25) is 0 Å². The zero-order chi connectivity index (χ0) is 14.7. The molecule has 0 spiro atoms. The average molecular weight is 281 g/mol. The Morgan fingerprint density at radius 1 is 1.19 bits per heavy atom. The van der Waals surface area contributed by atoms with Crippen LogP contribution in [-0.4, -0.2) is 27.8 Å². The molecule has 3 N–H and O–H groups in total. The monoisotopic (exact) mass is 281 g/mol. The third-order valence-electron chi connectivity index (χ3n) is 3.34. The molecule has 0 fully saturated rings. The maximum atomic E-state index is 12.1. The molecule has 0 aliphatic carbocycles. The molecule has 0 bridgehead atoms. The fourth-order valence-electron chi connectivity index (χ4n) is 2.16.